The van der Waals surface area contributed by atoms with Crippen LogP contribution in [0, 0.1) is 0 Å². The fourth-order valence-electron chi connectivity index (χ4n) is 1.47. The molecule has 0 bridgehead atoms. The third kappa shape index (κ3) is 2.81. The Balaban J connectivity index is 2.40. The van der Waals surface area contributed by atoms with Gasteiger partial charge < -0.3 is 0 Å². The van der Waals surface area contributed by atoms with Crippen molar-refractivity contribution in [3.05, 3.63) is 70.6 Å². The fourth-order valence-corrected chi connectivity index (χ4v) is 2.90. The molecule has 18 heavy (non-hydrogen) atoms. The van der Waals surface area contributed by atoms with Gasteiger partial charge in [-0.25, -0.2) is 8.42 Å². The van der Waals surface area contributed by atoms with Gasteiger partial charge in [0.15, 0.2) is 0 Å². The third-order valence-corrected chi connectivity index (χ3v) is 4.63. The summed E-state index contributed by atoms with van der Waals surface area (Å²) in [5, 5.41) is 0. The summed E-state index contributed by atoms with van der Waals surface area (Å²) in [6.07, 6.45) is 1.45. The molecule has 2 aromatic carbocycles. The molecule has 0 aliphatic carbocycles. The van der Waals surface area contributed by atoms with Crippen molar-refractivity contribution in [2.45, 2.75) is 4.90 Å². The van der Waals surface area contributed by atoms with Crippen LogP contribution in [0.3, 0.4) is 0 Å². The zero-order valence-corrected chi connectivity index (χ0v) is 11.0. The SMILES string of the molecule is O=S(=O)(C(Cl)=Cc1ccccc1)c1ccccc1. The summed E-state index contributed by atoms with van der Waals surface area (Å²) in [5.41, 5.74) is 0.752. The maximum atomic E-state index is 12.1. The highest BCUT2D eigenvalue weighted by molar-refractivity contribution is 7.97. The lowest BCUT2D eigenvalue weighted by molar-refractivity contribution is 0.604. The van der Waals surface area contributed by atoms with Crippen molar-refractivity contribution < 1.29 is 8.42 Å². The summed E-state index contributed by atoms with van der Waals surface area (Å²) >= 11 is 5.91. The lowest BCUT2D eigenvalue weighted by Gasteiger charge is -2.02. The van der Waals surface area contributed by atoms with E-state index in [-0.39, 0.29) is 9.26 Å². The largest absolute Gasteiger partial charge is 0.218 e. The van der Waals surface area contributed by atoms with Gasteiger partial charge in [0.1, 0.15) is 4.36 Å². The first-order valence-electron chi connectivity index (χ1n) is 5.33. The highest BCUT2D eigenvalue weighted by Crippen LogP contribution is 2.24. The van der Waals surface area contributed by atoms with Crippen LogP contribution < -0.4 is 0 Å². The first kappa shape index (κ1) is 12.9. The minimum absolute atomic E-state index is 0.181. The minimum Gasteiger partial charge on any atom is -0.218 e. The van der Waals surface area contributed by atoms with Gasteiger partial charge in [-0.3, -0.25) is 0 Å². The van der Waals surface area contributed by atoms with E-state index in [1.807, 2.05) is 18.2 Å². The molecule has 2 nitrogen and oxygen atoms in total. The second kappa shape index (κ2) is 5.38. The van der Waals surface area contributed by atoms with Gasteiger partial charge in [-0.05, 0) is 23.8 Å². The van der Waals surface area contributed by atoms with Crippen molar-refractivity contribution in [2.75, 3.05) is 0 Å². The van der Waals surface area contributed by atoms with E-state index in [1.165, 1.54) is 18.2 Å². The first-order chi connectivity index (χ1) is 8.60. The molecule has 0 aromatic heterocycles. The summed E-state index contributed by atoms with van der Waals surface area (Å²) in [6, 6.07) is 17.2. The van der Waals surface area contributed by atoms with Crippen molar-refractivity contribution in [3.63, 3.8) is 0 Å². The quantitative estimate of drug-likeness (QED) is 0.858. The van der Waals surface area contributed by atoms with Crippen LogP contribution >= 0.6 is 11.6 Å². The predicted octanol–water partition coefficient (Wildman–Crippen LogP) is 3.70. The molecule has 0 saturated carbocycles. The van der Waals surface area contributed by atoms with Crippen LogP contribution in [0.25, 0.3) is 6.08 Å². The monoisotopic (exact) mass is 278 g/mol. The van der Waals surface area contributed by atoms with Crippen molar-refractivity contribution in [2.24, 2.45) is 0 Å². The van der Waals surface area contributed by atoms with Crippen LogP contribution in [0.15, 0.2) is 69.9 Å². The number of rotatable bonds is 3. The molecule has 0 atom stereocenters. The van der Waals surface area contributed by atoms with Gasteiger partial charge >= 0.3 is 0 Å². The molecule has 0 amide bonds. The zero-order valence-electron chi connectivity index (χ0n) is 9.45. The number of halogens is 1. The van der Waals surface area contributed by atoms with E-state index >= 15 is 0 Å². The number of benzene rings is 2. The van der Waals surface area contributed by atoms with E-state index in [1.54, 1.807) is 30.3 Å². The van der Waals surface area contributed by atoms with Crippen molar-refractivity contribution in [1.29, 1.82) is 0 Å². The van der Waals surface area contributed by atoms with Crippen LogP contribution in [-0.4, -0.2) is 8.42 Å². The second-order valence-electron chi connectivity index (χ2n) is 3.68. The maximum absolute atomic E-state index is 12.1. The molecule has 0 radical (unpaired) electrons. The normalized spacial score (nSPS) is 12.4. The van der Waals surface area contributed by atoms with Gasteiger partial charge in [0.05, 0.1) is 4.90 Å². The average Bonchev–Trinajstić information content (AvgIpc) is 2.41. The molecule has 2 rings (SSSR count). The summed E-state index contributed by atoms with van der Waals surface area (Å²) in [6.45, 7) is 0. The molecule has 0 unspecified atom stereocenters. The Morgan fingerprint density at radius 3 is 1.94 bits per heavy atom. The molecule has 0 fully saturated rings. The van der Waals surface area contributed by atoms with Crippen molar-refractivity contribution >= 4 is 27.5 Å². The van der Waals surface area contributed by atoms with Gasteiger partial charge in [0.2, 0.25) is 9.84 Å². The Morgan fingerprint density at radius 1 is 0.889 bits per heavy atom. The van der Waals surface area contributed by atoms with Gasteiger partial charge in [-0.2, -0.15) is 0 Å². The van der Waals surface area contributed by atoms with E-state index in [2.05, 4.69) is 0 Å². The van der Waals surface area contributed by atoms with Crippen molar-refractivity contribution in [1.82, 2.24) is 0 Å². The van der Waals surface area contributed by atoms with Crippen LogP contribution in [0.5, 0.6) is 0 Å². The Labute approximate surface area is 111 Å². The van der Waals surface area contributed by atoms with Crippen LogP contribution in [0.1, 0.15) is 5.56 Å². The Morgan fingerprint density at radius 2 is 1.39 bits per heavy atom. The van der Waals surface area contributed by atoms with E-state index < -0.39 is 9.84 Å². The molecular formula is C14H11ClO2S. The number of hydrogen-bond acceptors (Lipinski definition) is 2. The maximum Gasteiger partial charge on any atom is 0.217 e. The summed E-state index contributed by atoms with van der Waals surface area (Å²) in [4.78, 5) is 0.196. The van der Waals surface area contributed by atoms with Gasteiger partial charge in [-0.1, -0.05) is 60.1 Å². The highest BCUT2D eigenvalue weighted by Gasteiger charge is 2.18. The number of hydrogen-bond donors (Lipinski definition) is 0. The van der Waals surface area contributed by atoms with Gasteiger partial charge in [-0.15, -0.1) is 0 Å². The number of sulfone groups is 1. The first-order valence-corrected chi connectivity index (χ1v) is 7.19. The molecule has 0 aliphatic rings. The molecule has 0 saturated heterocycles. The van der Waals surface area contributed by atoms with E-state index in [0.29, 0.717) is 0 Å². The predicted molar refractivity (Wildman–Crippen MR) is 73.9 cm³/mol. The Bertz CT molecular complexity index is 647. The van der Waals surface area contributed by atoms with Gasteiger partial charge in [0, 0.05) is 0 Å². The van der Waals surface area contributed by atoms with Crippen LogP contribution in [-0.2, 0) is 9.84 Å². The standard InChI is InChI=1S/C14H11ClO2S/c15-14(11-12-7-3-1-4-8-12)18(16,17)13-9-5-2-6-10-13/h1-11H. The lowest BCUT2D eigenvalue weighted by atomic mass is 10.2. The molecule has 0 N–H and O–H groups in total. The topological polar surface area (TPSA) is 34.1 Å². The molecule has 0 spiro atoms. The summed E-state index contributed by atoms with van der Waals surface area (Å²) < 4.78 is 24.1. The zero-order chi connectivity index (χ0) is 13.0. The smallest absolute Gasteiger partial charge is 0.217 e. The van der Waals surface area contributed by atoms with Crippen LogP contribution in [0.2, 0.25) is 0 Å². The van der Waals surface area contributed by atoms with E-state index in [9.17, 15) is 8.42 Å². The summed E-state index contributed by atoms with van der Waals surface area (Å²) in [7, 11) is -3.61. The Hall–Kier alpha value is -1.58. The summed E-state index contributed by atoms with van der Waals surface area (Å²) in [5.74, 6) is 0. The molecule has 0 aliphatic heterocycles. The lowest BCUT2D eigenvalue weighted by Crippen LogP contribution is -2.00. The molecule has 0 heterocycles. The van der Waals surface area contributed by atoms with Gasteiger partial charge in [0.25, 0.3) is 0 Å². The highest BCUT2D eigenvalue weighted by atomic mass is 35.5. The fraction of sp³-hybridized carbons (Fsp3) is 0. The van der Waals surface area contributed by atoms with E-state index in [0.717, 1.165) is 5.56 Å². The minimum atomic E-state index is -3.61. The second-order valence-corrected chi connectivity index (χ2v) is 6.23. The van der Waals surface area contributed by atoms with Crippen molar-refractivity contribution in [3.8, 4) is 0 Å². The molecule has 2 aromatic rings. The molecule has 92 valence electrons. The Kier molecular flexibility index (Phi) is 3.84. The molecule has 4 heteroatoms. The van der Waals surface area contributed by atoms with Crippen LogP contribution in [0.4, 0.5) is 0 Å². The third-order valence-electron chi connectivity index (χ3n) is 2.39. The molecular weight excluding hydrogens is 268 g/mol. The average molecular weight is 279 g/mol. The van der Waals surface area contributed by atoms with E-state index in [4.69, 9.17) is 11.6 Å².